The van der Waals surface area contributed by atoms with Crippen LogP contribution in [-0.4, -0.2) is 10.9 Å². The highest BCUT2D eigenvalue weighted by molar-refractivity contribution is 7.13. The Morgan fingerprint density at radius 2 is 1.94 bits per heavy atom. The molecule has 1 aromatic carbocycles. The van der Waals surface area contributed by atoms with Gasteiger partial charge in [-0.15, -0.1) is 11.3 Å². The summed E-state index contributed by atoms with van der Waals surface area (Å²) in [5, 5.41) is 4.36. The van der Waals surface area contributed by atoms with Gasteiger partial charge in [0.15, 0.2) is 5.13 Å². The van der Waals surface area contributed by atoms with Gasteiger partial charge in [-0.2, -0.15) is 0 Å². The zero-order chi connectivity index (χ0) is 13.1. The Bertz CT molecular complexity index is 549. The smallest absolute Gasteiger partial charge is 0.230 e. The van der Waals surface area contributed by atoms with Gasteiger partial charge < -0.3 is 5.32 Å². The number of benzene rings is 1. The van der Waals surface area contributed by atoms with Crippen LogP contribution in [0.4, 0.5) is 18.3 Å². The van der Waals surface area contributed by atoms with E-state index in [-0.39, 0.29) is 0 Å². The lowest BCUT2D eigenvalue weighted by atomic mass is 10.1. The normalized spacial score (nSPS) is 10.4. The van der Waals surface area contributed by atoms with E-state index in [9.17, 15) is 18.0 Å². The van der Waals surface area contributed by atoms with Crippen molar-refractivity contribution in [3.8, 4) is 0 Å². The second-order valence-electron chi connectivity index (χ2n) is 3.41. The number of carbonyl (C=O) groups excluding carboxylic acids is 1. The van der Waals surface area contributed by atoms with Crippen LogP contribution in [0.5, 0.6) is 0 Å². The third kappa shape index (κ3) is 2.86. The zero-order valence-corrected chi connectivity index (χ0v) is 9.73. The lowest BCUT2D eigenvalue weighted by molar-refractivity contribution is -0.115. The number of anilines is 1. The largest absolute Gasteiger partial charge is 0.302 e. The van der Waals surface area contributed by atoms with Gasteiger partial charge in [0, 0.05) is 29.3 Å². The number of thiazole rings is 1. The third-order valence-corrected chi connectivity index (χ3v) is 2.81. The maximum absolute atomic E-state index is 13.3. The number of hydrogen-bond donors (Lipinski definition) is 1. The van der Waals surface area contributed by atoms with Crippen molar-refractivity contribution in [2.45, 2.75) is 6.42 Å². The summed E-state index contributed by atoms with van der Waals surface area (Å²) in [5.74, 6) is -3.80. The van der Waals surface area contributed by atoms with Crippen LogP contribution < -0.4 is 5.32 Å². The van der Waals surface area contributed by atoms with E-state index < -0.39 is 35.3 Å². The van der Waals surface area contributed by atoms with E-state index in [0.29, 0.717) is 17.3 Å². The molecule has 1 amide bonds. The van der Waals surface area contributed by atoms with E-state index >= 15 is 0 Å². The maximum atomic E-state index is 13.3. The zero-order valence-electron chi connectivity index (χ0n) is 8.91. The standard InChI is InChI=1S/C11H7F3N2OS/c12-6-3-8(13)7(9(14)4-6)5-10(17)16-11-15-1-2-18-11/h1-4H,5H2,(H,15,16,17). The van der Waals surface area contributed by atoms with Crippen LogP contribution >= 0.6 is 11.3 Å². The highest BCUT2D eigenvalue weighted by Crippen LogP contribution is 2.17. The molecule has 94 valence electrons. The van der Waals surface area contributed by atoms with Crippen LogP contribution in [0.3, 0.4) is 0 Å². The number of rotatable bonds is 3. The first kappa shape index (κ1) is 12.6. The fraction of sp³-hybridized carbons (Fsp3) is 0.0909. The molecule has 0 atom stereocenters. The van der Waals surface area contributed by atoms with Crippen molar-refractivity contribution in [2.24, 2.45) is 0 Å². The van der Waals surface area contributed by atoms with E-state index in [1.807, 2.05) is 0 Å². The summed E-state index contributed by atoms with van der Waals surface area (Å²) in [7, 11) is 0. The summed E-state index contributed by atoms with van der Waals surface area (Å²) in [6.07, 6.45) is 0.969. The van der Waals surface area contributed by atoms with Gasteiger partial charge in [0.25, 0.3) is 0 Å². The summed E-state index contributed by atoms with van der Waals surface area (Å²) in [6, 6.07) is 1.07. The van der Waals surface area contributed by atoms with E-state index in [2.05, 4.69) is 10.3 Å². The van der Waals surface area contributed by atoms with E-state index in [1.54, 1.807) is 5.38 Å². The first-order valence-electron chi connectivity index (χ1n) is 4.89. The molecule has 1 aromatic heterocycles. The molecule has 2 aromatic rings. The van der Waals surface area contributed by atoms with E-state index in [4.69, 9.17) is 0 Å². The molecule has 0 bridgehead atoms. The molecule has 0 aliphatic rings. The summed E-state index contributed by atoms with van der Waals surface area (Å²) >= 11 is 1.18. The topological polar surface area (TPSA) is 42.0 Å². The quantitative estimate of drug-likeness (QED) is 0.933. The minimum absolute atomic E-state index is 0.336. The predicted octanol–water partition coefficient (Wildman–Crippen LogP) is 2.74. The summed E-state index contributed by atoms with van der Waals surface area (Å²) in [6.45, 7) is 0. The first-order valence-corrected chi connectivity index (χ1v) is 5.77. The second kappa shape index (κ2) is 5.18. The molecule has 0 saturated heterocycles. The number of amides is 1. The molecule has 18 heavy (non-hydrogen) atoms. The van der Waals surface area contributed by atoms with Crippen LogP contribution in [0.15, 0.2) is 23.7 Å². The SMILES string of the molecule is O=C(Cc1c(F)cc(F)cc1F)Nc1nccs1. The van der Waals surface area contributed by atoms with Crippen LogP contribution in [-0.2, 0) is 11.2 Å². The molecular formula is C11H7F3N2OS. The highest BCUT2D eigenvalue weighted by Gasteiger charge is 2.15. The molecule has 0 radical (unpaired) electrons. The minimum atomic E-state index is -1.08. The van der Waals surface area contributed by atoms with E-state index in [0.717, 1.165) is 0 Å². The van der Waals surface area contributed by atoms with Gasteiger partial charge in [0.2, 0.25) is 5.91 Å². The van der Waals surface area contributed by atoms with Gasteiger partial charge in [-0.3, -0.25) is 4.79 Å². The van der Waals surface area contributed by atoms with Crippen LogP contribution in [0.2, 0.25) is 0 Å². The molecule has 0 aliphatic carbocycles. The molecule has 1 N–H and O–H groups in total. The molecule has 0 saturated carbocycles. The number of carbonyl (C=O) groups is 1. The number of nitrogens with zero attached hydrogens (tertiary/aromatic N) is 1. The van der Waals surface area contributed by atoms with Crippen molar-refractivity contribution in [1.82, 2.24) is 4.98 Å². The van der Waals surface area contributed by atoms with Crippen molar-refractivity contribution in [3.63, 3.8) is 0 Å². The summed E-state index contributed by atoms with van der Waals surface area (Å²) in [5.41, 5.74) is -0.467. The Morgan fingerprint density at radius 3 is 2.50 bits per heavy atom. The van der Waals surface area contributed by atoms with Crippen LogP contribution in [0.1, 0.15) is 5.56 Å². The summed E-state index contributed by atoms with van der Waals surface area (Å²) < 4.78 is 39.2. The molecule has 0 unspecified atom stereocenters. The van der Waals surface area contributed by atoms with Crippen molar-refractivity contribution in [3.05, 3.63) is 46.7 Å². The number of halogens is 3. The van der Waals surface area contributed by atoms with Gasteiger partial charge >= 0.3 is 0 Å². The van der Waals surface area contributed by atoms with Gasteiger partial charge in [-0.25, -0.2) is 18.2 Å². The fourth-order valence-corrected chi connectivity index (χ4v) is 1.90. The first-order chi connectivity index (χ1) is 8.56. The van der Waals surface area contributed by atoms with Crippen molar-refractivity contribution in [1.29, 1.82) is 0 Å². The molecule has 0 fully saturated rings. The lowest BCUT2D eigenvalue weighted by Gasteiger charge is -2.05. The minimum Gasteiger partial charge on any atom is -0.302 e. The Hall–Kier alpha value is -1.89. The number of aromatic nitrogens is 1. The molecular weight excluding hydrogens is 265 g/mol. The van der Waals surface area contributed by atoms with Gasteiger partial charge in [0.1, 0.15) is 17.5 Å². The van der Waals surface area contributed by atoms with Crippen molar-refractivity contribution < 1.29 is 18.0 Å². The van der Waals surface area contributed by atoms with Crippen molar-refractivity contribution >= 4 is 22.4 Å². The molecule has 0 spiro atoms. The molecule has 0 aliphatic heterocycles. The van der Waals surface area contributed by atoms with Gasteiger partial charge in [-0.05, 0) is 0 Å². The Morgan fingerprint density at radius 1 is 1.28 bits per heavy atom. The predicted molar refractivity (Wildman–Crippen MR) is 60.8 cm³/mol. The number of hydrogen-bond acceptors (Lipinski definition) is 3. The Labute approximate surface area is 104 Å². The lowest BCUT2D eigenvalue weighted by Crippen LogP contribution is -2.16. The summed E-state index contributed by atoms with van der Waals surface area (Å²) in [4.78, 5) is 15.3. The van der Waals surface area contributed by atoms with Crippen LogP contribution in [0, 0.1) is 17.5 Å². The monoisotopic (exact) mass is 272 g/mol. The fourth-order valence-electron chi connectivity index (χ4n) is 1.35. The molecule has 1 heterocycles. The Balaban J connectivity index is 2.12. The third-order valence-electron chi connectivity index (χ3n) is 2.12. The maximum Gasteiger partial charge on any atom is 0.230 e. The average Bonchev–Trinajstić information content (AvgIpc) is 2.76. The highest BCUT2D eigenvalue weighted by atomic mass is 32.1. The van der Waals surface area contributed by atoms with Crippen LogP contribution in [0.25, 0.3) is 0 Å². The van der Waals surface area contributed by atoms with Gasteiger partial charge in [0.05, 0.1) is 6.42 Å². The van der Waals surface area contributed by atoms with E-state index in [1.165, 1.54) is 17.5 Å². The average molecular weight is 272 g/mol. The molecule has 3 nitrogen and oxygen atoms in total. The number of nitrogens with one attached hydrogen (secondary N) is 1. The van der Waals surface area contributed by atoms with Gasteiger partial charge in [-0.1, -0.05) is 0 Å². The Kier molecular flexibility index (Phi) is 3.61. The van der Waals surface area contributed by atoms with Crippen molar-refractivity contribution in [2.75, 3.05) is 5.32 Å². The molecule has 7 heteroatoms. The molecule has 2 rings (SSSR count). The second-order valence-corrected chi connectivity index (χ2v) is 4.30.